The fourth-order valence-electron chi connectivity index (χ4n) is 2.07. The van der Waals surface area contributed by atoms with Gasteiger partial charge in [-0.3, -0.25) is 0 Å². The monoisotopic (exact) mass is 298 g/mol. The van der Waals surface area contributed by atoms with Gasteiger partial charge in [-0.15, -0.1) is 0 Å². The van der Waals surface area contributed by atoms with Crippen LogP contribution in [0.15, 0.2) is 24.5 Å². The van der Waals surface area contributed by atoms with Crippen LogP contribution in [0.1, 0.15) is 30.9 Å². The van der Waals surface area contributed by atoms with E-state index in [9.17, 15) is 13.2 Å². The molecule has 0 unspecified atom stereocenters. The number of halogens is 3. The van der Waals surface area contributed by atoms with E-state index >= 15 is 0 Å². The summed E-state index contributed by atoms with van der Waals surface area (Å²) in [6.45, 7) is 4.99. The molecule has 0 aliphatic carbocycles. The van der Waals surface area contributed by atoms with Crippen LogP contribution in [-0.2, 0) is 19.1 Å². The lowest BCUT2D eigenvalue weighted by atomic mass is 10.1. The number of anilines is 1. The van der Waals surface area contributed by atoms with E-state index in [1.54, 1.807) is 12.4 Å². The first-order valence-electron chi connectivity index (χ1n) is 6.76. The Kier molecular flexibility index (Phi) is 4.50. The molecule has 4 nitrogen and oxygen atoms in total. The summed E-state index contributed by atoms with van der Waals surface area (Å²) in [5.74, 6) is 0.934. The molecule has 2 rings (SSSR count). The normalized spacial score (nSPS) is 11.7. The van der Waals surface area contributed by atoms with Crippen molar-refractivity contribution in [3.8, 4) is 0 Å². The predicted octanol–water partition coefficient (Wildman–Crippen LogP) is 3.34. The van der Waals surface area contributed by atoms with Gasteiger partial charge in [0.2, 0.25) is 0 Å². The van der Waals surface area contributed by atoms with E-state index in [2.05, 4.69) is 15.3 Å². The molecular formula is C14H17F3N4. The first-order chi connectivity index (χ1) is 9.94. The average molecular weight is 298 g/mol. The number of hydrogen-bond donors (Lipinski definition) is 1. The van der Waals surface area contributed by atoms with Gasteiger partial charge in [-0.05, 0) is 26.0 Å². The maximum Gasteiger partial charge on any atom is 0.416 e. The summed E-state index contributed by atoms with van der Waals surface area (Å²) >= 11 is 0. The fourth-order valence-corrected chi connectivity index (χ4v) is 2.07. The maximum absolute atomic E-state index is 12.9. The van der Waals surface area contributed by atoms with Crippen LogP contribution in [0.25, 0.3) is 0 Å². The Balaban J connectivity index is 2.36. The van der Waals surface area contributed by atoms with Crippen molar-refractivity contribution >= 4 is 5.82 Å². The zero-order valence-electron chi connectivity index (χ0n) is 11.9. The van der Waals surface area contributed by atoms with Gasteiger partial charge in [-0.25, -0.2) is 9.97 Å². The number of nitrogens with one attached hydrogen (secondary N) is 1. The Bertz CT molecular complexity index is 605. The van der Waals surface area contributed by atoms with Crippen molar-refractivity contribution in [3.63, 3.8) is 0 Å². The van der Waals surface area contributed by atoms with Crippen molar-refractivity contribution in [1.29, 1.82) is 0 Å². The molecule has 114 valence electrons. The molecule has 21 heavy (non-hydrogen) atoms. The number of aromatic nitrogens is 3. The molecule has 0 saturated carbocycles. The van der Waals surface area contributed by atoms with Gasteiger partial charge in [-0.1, -0.05) is 0 Å². The summed E-state index contributed by atoms with van der Waals surface area (Å²) in [4.78, 5) is 8.39. The molecule has 2 heterocycles. The lowest BCUT2D eigenvalue weighted by Crippen LogP contribution is -2.11. The van der Waals surface area contributed by atoms with E-state index in [0.29, 0.717) is 24.6 Å². The standard InChI is InChI=1S/C14H17F3N4/c1-3-18-12-8-10(14(15,16)17)7-11(20-12)9-13-19-5-6-21(13)4-2/h5-8H,3-4,9H2,1-2H3,(H,18,20). The minimum Gasteiger partial charge on any atom is -0.370 e. The maximum atomic E-state index is 12.9. The number of alkyl halides is 3. The minimum absolute atomic E-state index is 0.233. The van der Waals surface area contributed by atoms with Crippen LogP contribution < -0.4 is 5.32 Å². The zero-order chi connectivity index (χ0) is 15.5. The number of hydrogen-bond acceptors (Lipinski definition) is 3. The summed E-state index contributed by atoms with van der Waals surface area (Å²) in [6.07, 6.45) is -0.684. The average Bonchev–Trinajstić information content (AvgIpc) is 2.85. The summed E-state index contributed by atoms with van der Waals surface area (Å²) < 4.78 is 40.7. The SMILES string of the molecule is CCNc1cc(C(F)(F)F)cc(Cc2nccn2CC)n1. The lowest BCUT2D eigenvalue weighted by molar-refractivity contribution is -0.137. The molecule has 0 atom stereocenters. The Morgan fingerprint density at radius 2 is 2.00 bits per heavy atom. The van der Waals surface area contributed by atoms with E-state index in [1.807, 2.05) is 18.4 Å². The largest absolute Gasteiger partial charge is 0.416 e. The van der Waals surface area contributed by atoms with Gasteiger partial charge in [0.05, 0.1) is 11.3 Å². The van der Waals surface area contributed by atoms with Crippen molar-refractivity contribution in [2.75, 3.05) is 11.9 Å². The van der Waals surface area contributed by atoms with E-state index < -0.39 is 11.7 Å². The first kappa shape index (κ1) is 15.3. The van der Waals surface area contributed by atoms with Crippen LogP contribution >= 0.6 is 0 Å². The third-order valence-corrected chi connectivity index (χ3v) is 3.05. The van der Waals surface area contributed by atoms with E-state index in [4.69, 9.17) is 0 Å². The number of nitrogens with zero attached hydrogens (tertiary/aromatic N) is 3. The van der Waals surface area contributed by atoms with Crippen LogP contribution in [0.2, 0.25) is 0 Å². The van der Waals surface area contributed by atoms with Crippen LogP contribution in [-0.4, -0.2) is 21.1 Å². The highest BCUT2D eigenvalue weighted by atomic mass is 19.4. The van der Waals surface area contributed by atoms with Crippen molar-refractivity contribution < 1.29 is 13.2 Å². The molecule has 0 fully saturated rings. The zero-order valence-corrected chi connectivity index (χ0v) is 11.9. The van der Waals surface area contributed by atoms with Gasteiger partial charge >= 0.3 is 6.18 Å². The molecule has 1 N–H and O–H groups in total. The van der Waals surface area contributed by atoms with Gasteiger partial charge in [0.25, 0.3) is 0 Å². The minimum atomic E-state index is -4.39. The number of rotatable bonds is 5. The van der Waals surface area contributed by atoms with Crippen molar-refractivity contribution in [1.82, 2.24) is 14.5 Å². The van der Waals surface area contributed by atoms with Crippen molar-refractivity contribution in [2.45, 2.75) is 33.0 Å². The molecule has 0 saturated heterocycles. The molecule has 7 heteroatoms. The van der Waals surface area contributed by atoms with Gasteiger partial charge in [-0.2, -0.15) is 13.2 Å². The molecule has 0 aromatic carbocycles. The molecule has 0 radical (unpaired) electrons. The Labute approximate surface area is 121 Å². The number of imidazole rings is 1. The molecule has 0 spiro atoms. The fraction of sp³-hybridized carbons (Fsp3) is 0.429. The molecule has 2 aromatic rings. The highest BCUT2D eigenvalue weighted by Crippen LogP contribution is 2.31. The van der Waals surface area contributed by atoms with Gasteiger partial charge in [0, 0.05) is 31.9 Å². The highest BCUT2D eigenvalue weighted by Gasteiger charge is 2.31. The van der Waals surface area contributed by atoms with Gasteiger partial charge < -0.3 is 9.88 Å². The van der Waals surface area contributed by atoms with Gasteiger partial charge in [0.15, 0.2) is 0 Å². The molecule has 0 bridgehead atoms. The summed E-state index contributed by atoms with van der Waals surface area (Å²) in [7, 11) is 0. The Morgan fingerprint density at radius 3 is 2.62 bits per heavy atom. The smallest absolute Gasteiger partial charge is 0.370 e. The van der Waals surface area contributed by atoms with Crippen LogP contribution in [0, 0.1) is 0 Å². The summed E-state index contributed by atoms with van der Waals surface area (Å²) in [6, 6.07) is 2.11. The third-order valence-electron chi connectivity index (χ3n) is 3.05. The summed E-state index contributed by atoms with van der Waals surface area (Å²) in [5, 5.41) is 2.83. The third kappa shape index (κ3) is 3.74. The van der Waals surface area contributed by atoms with E-state index in [1.165, 1.54) is 0 Å². The van der Waals surface area contributed by atoms with Crippen LogP contribution in [0.3, 0.4) is 0 Å². The second kappa shape index (κ2) is 6.15. The first-order valence-corrected chi connectivity index (χ1v) is 6.76. The van der Waals surface area contributed by atoms with Crippen LogP contribution in [0.5, 0.6) is 0 Å². The topological polar surface area (TPSA) is 42.7 Å². The number of pyridine rings is 1. The molecule has 0 aliphatic heterocycles. The molecule has 2 aromatic heterocycles. The van der Waals surface area contributed by atoms with E-state index in [-0.39, 0.29) is 12.2 Å². The number of aryl methyl sites for hydroxylation is 1. The highest BCUT2D eigenvalue weighted by molar-refractivity contribution is 5.41. The van der Waals surface area contributed by atoms with Crippen molar-refractivity contribution in [2.24, 2.45) is 0 Å². The Morgan fingerprint density at radius 1 is 1.24 bits per heavy atom. The van der Waals surface area contributed by atoms with Crippen molar-refractivity contribution in [3.05, 3.63) is 41.6 Å². The Hall–Kier alpha value is -2.05. The van der Waals surface area contributed by atoms with Crippen LogP contribution in [0.4, 0.5) is 19.0 Å². The lowest BCUT2D eigenvalue weighted by Gasteiger charge is -2.12. The van der Waals surface area contributed by atoms with E-state index in [0.717, 1.165) is 12.1 Å². The predicted molar refractivity (Wildman–Crippen MR) is 74.1 cm³/mol. The quantitative estimate of drug-likeness (QED) is 0.920. The second-order valence-corrected chi connectivity index (χ2v) is 4.57. The molecule has 0 amide bonds. The second-order valence-electron chi connectivity index (χ2n) is 4.57. The summed E-state index contributed by atoms with van der Waals surface area (Å²) in [5.41, 5.74) is -0.347. The van der Waals surface area contributed by atoms with Gasteiger partial charge in [0.1, 0.15) is 11.6 Å². The molecule has 0 aliphatic rings. The molecular weight excluding hydrogens is 281 g/mol.